The van der Waals surface area contributed by atoms with Crippen LogP contribution in [0, 0.1) is 6.92 Å². The smallest absolute Gasteiger partial charge is 0.410 e. The van der Waals surface area contributed by atoms with Gasteiger partial charge in [-0.15, -0.1) is 0 Å². The Morgan fingerprint density at radius 1 is 1.38 bits per heavy atom. The molecule has 0 aliphatic rings. The minimum absolute atomic E-state index is 0.324. The number of hydrogen-bond acceptors (Lipinski definition) is 2. The minimum Gasteiger partial charge on any atom is -0.410 e. The number of carbonyl (C=O) groups excluding carboxylic acids is 1. The third-order valence-electron chi connectivity index (χ3n) is 2.26. The van der Waals surface area contributed by atoms with Crippen molar-refractivity contribution in [2.75, 3.05) is 13.1 Å². The van der Waals surface area contributed by atoms with Crippen LogP contribution in [0.2, 0.25) is 0 Å². The lowest BCUT2D eigenvalue weighted by atomic mass is 10.3. The number of para-hydroxylation sites is 1. The van der Waals surface area contributed by atoms with Crippen molar-refractivity contribution in [2.24, 2.45) is 0 Å². The van der Waals surface area contributed by atoms with Crippen molar-refractivity contribution in [3.8, 4) is 5.75 Å². The fraction of sp³-hybridized carbons (Fsp3) is 0.385. The molecule has 87 valence electrons. The second-order valence-electron chi connectivity index (χ2n) is 3.52. The van der Waals surface area contributed by atoms with Crippen molar-refractivity contribution in [3.05, 3.63) is 37.3 Å². The van der Waals surface area contributed by atoms with Crippen molar-refractivity contribution >= 4 is 6.09 Å². The number of rotatable bonds is 5. The second kappa shape index (κ2) is 6.88. The largest absolute Gasteiger partial charge is 0.415 e. The predicted molar refractivity (Wildman–Crippen MR) is 64.3 cm³/mol. The summed E-state index contributed by atoms with van der Waals surface area (Å²) in [5.74, 6) is 0.572. The van der Waals surface area contributed by atoms with Gasteiger partial charge in [-0.2, -0.15) is 0 Å². The summed E-state index contributed by atoms with van der Waals surface area (Å²) in [4.78, 5) is 13.3. The Hall–Kier alpha value is -1.51. The molecule has 0 bridgehead atoms. The number of carbonyl (C=O) groups is 1. The van der Waals surface area contributed by atoms with Crippen molar-refractivity contribution < 1.29 is 9.53 Å². The van der Waals surface area contributed by atoms with E-state index in [-0.39, 0.29) is 6.09 Å². The van der Waals surface area contributed by atoms with Crippen molar-refractivity contribution in [2.45, 2.75) is 19.8 Å². The highest BCUT2D eigenvalue weighted by molar-refractivity contribution is 5.70. The van der Waals surface area contributed by atoms with Gasteiger partial charge in [0.05, 0.1) is 0 Å². The van der Waals surface area contributed by atoms with Crippen molar-refractivity contribution in [1.82, 2.24) is 4.90 Å². The molecule has 0 fully saturated rings. The maximum Gasteiger partial charge on any atom is 0.415 e. The van der Waals surface area contributed by atoms with E-state index in [9.17, 15) is 4.79 Å². The van der Waals surface area contributed by atoms with Crippen LogP contribution in [-0.2, 0) is 0 Å². The predicted octanol–water partition coefficient (Wildman–Crippen LogP) is 3.12. The van der Waals surface area contributed by atoms with Gasteiger partial charge in [0.2, 0.25) is 0 Å². The zero-order valence-corrected chi connectivity index (χ0v) is 9.69. The molecule has 0 aliphatic carbocycles. The third kappa shape index (κ3) is 3.93. The van der Waals surface area contributed by atoms with E-state index in [1.807, 2.05) is 18.2 Å². The molecule has 1 aromatic rings. The Balaban J connectivity index is 2.49. The van der Waals surface area contributed by atoms with Crippen molar-refractivity contribution in [1.29, 1.82) is 0 Å². The van der Waals surface area contributed by atoms with Gasteiger partial charge in [0.1, 0.15) is 5.75 Å². The van der Waals surface area contributed by atoms with E-state index in [0.29, 0.717) is 18.8 Å². The molecule has 0 aliphatic heterocycles. The lowest BCUT2D eigenvalue weighted by Gasteiger charge is -2.19. The summed E-state index contributed by atoms with van der Waals surface area (Å²) in [6.45, 7) is 6.95. The highest BCUT2D eigenvalue weighted by atomic mass is 16.6. The summed E-state index contributed by atoms with van der Waals surface area (Å²) in [6, 6.07) is 9.08. The van der Waals surface area contributed by atoms with E-state index in [1.165, 1.54) is 0 Å². The summed E-state index contributed by atoms with van der Waals surface area (Å²) in [6.07, 6.45) is 1.70. The van der Waals surface area contributed by atoms with Crippen LogP contribution < -0.4 is 4.74 Å². The maximum atomic E-state index is 11.7. The molecule has 0 unspecified atom stereocenters. The Kier molecular flexibility index (Phi) is 5.40. The van der Waals surface area contributed by atoms with Crippen LogP contribution in [0.1, 0.15) is 19.8 Å². The number of benzene rings is 1. The average molecular weight is 220 g/mol. The molecule has 1 radical (unpaired) electrons. The number of unbranched alkanes of at least 4 members (excludes halogenated alkanes) is 1. The number of hydrogen-bond donors (Lipinski definition) is 0. The molecule has 16 heavy (non-hydrogen) atoms. The lowest BCUT2D eigenvalue weighted by molar-refractivity contribution is 0.156. The molecule has 1 rings (SSSR count). The quantitative estimate of drug-likeness (QED) is 0.763. The molecule has 3 nitrogen and oxygen atoms in total. The van der Waals surface area contributed by atoms with E-state index in [2.05, 4.69) is 13.8 Å². The Bertz CT molecular complexity index is 311. The number of ether oxygens (including phenoxy) is 1. The average Bonchev–Trinajstić information content (AvgIpc) is 2.31. The van der Waals surface area contributed by atoms with Gasteiger partial charge >= 0.3 is 6.09 Å². The summed E-state index contributed by atoms with van der Waals surface area (Å²) in [5.41, 5.74) is 0. The van der Waals surface area contributed by atoms with Crippen molar-refractivity contribution in [3.63, 3.8) is 0 Å². The molecule has 1 amide bonds. The molecule has 0 saturated carbocycles. The lowest BCUT2D eigenvalue weighted by Crippen LogP contribution is -2.34. The zero-order valence-electron chi connectivity index (χ0n) is 9.69. The first kappa shape index (κ1) is 12.6. The van der Waals surface area contributed by atoms with E-state index < -0.39 is 0 Å². The minimum atomic E-state index is -0.324. The van der Waals surface area contributed by atoms with Crippen LogP contribution in [-0.4, -0.2) is 24.1 Å². The fourth-order valence-electron chi connectivity index (χ4n) is 1.30. The first-order valence-electron chi connectivity index (χ1n) is 5.59. The summed E-state index contributed by atoms with van der Waals surface area (Å²) in [7, 11) is 0. The monoisotopic (exact) mass is 220 g/mol. The van der Waals surface area contributed by atoms with E-state index in [4.69, 9.17) is 4.74 Å². The van der Waals surface area contributed by atoms with Gasteiger partial charge in [-0.05, 0) is 25.5 Å². The molecular formula is C13H18NO2. The fourth-order valence-corrected chi connectivity index (χ4v) is 1.30. The molecule has 0 saturated heterocycles. The Morgan fingerprint density at radius 3 is 2.62 bits per heavy atom. The van der Waals surface area contributed by atoms with Crippen LogP contribution in [0.5, 0.6) is 5.75 Å². The van der Waals surface area contributed by atoms with Crippen LogP contribution in [0.25, 0.3) is 0 Å². The molecule has 0 aromatic heterocycles. The summed E-state index contributed by atoms with van der Waals surface area (Å²) >= 11 is 0. The maximum absolute atomic E-state index is 11.7. The van der Waals surface area contributed by atoms with E-state index in [0.717, 1.165) is 12.8 Å². The highest BCUT2D eigenvalue weighted by Gasteiger charge is 2.12. The molecule has 0 N–H and O–H groups in total. The molecule has 3 heteroatoms. The first-order valence-corrected chi connectivity index (χ1v) is 5.59. The van der Waals surface area contributed by atoms with E-state index in [1.54, 1.807) is 17.0 Å². The summed E-state index contributed by atoms with van der Waals surface area (Å²) in [5, 5.41) is 0. The summed E-state index contributed by atoms with van der Waals surface area (Å²) < 4.78 is 5.21. The molecular weight excluding hydrogens is 202 g/mol. The Morgan fingerprint density at radius 2 is 2.06 bits per heavy atom. The molecule has 1 aromatic carbocycles. The van der Waals surface area contributed by atoms with E-state index >= 15 is 0 Å². The van der Waals surface area contributed by atoms with Gasteiger partial charge in [-0.1, -0.05) is 31.5 Å². The zero-order chi connectivity index (χ0) is 11.8. The van der Waals surface area contributed by atoms with Gasteiger partial charge in [0, 0.05) is 13.1 Å². The molecule has 0 heterocycles. The van der Waals surface area contributed by atoms with Gasteiger partial charge in [0.15, 0.2) is 0 Å². The third-order valence-corrected chi connectivity index (χ3v) is 2.26. The van der Waals surface area contributed by atoms with Gasteiger partial charge in [-0.3, -0.25) is 0 Å². The first-order chi connectivity index (χ1) is 7.77. The molecule has 0 atom stereocenters. The number of amides is 1. The second-order valence-corrected chi connectivity index (χ2v) is 3.52. The van der Waals surface area contributed by atoms with Crippen LogP contribution in [0.4, 0.5) is 4.79 Å². The number of nitrogens with zero attached hydrogens (tertiary/aromatic N) is 1. The van der Waals surface area contributed by atoms with Gasteiger partial charge in [0.25, 0.3) is 0 Å². The SMILES string of the molecule is [CH2]CN(CCCC)C(=O)Oc1ccccc1. The highest BCUT2D eigenvalue weighted by Crippen LogP contribution is 2.10. The van der Waals surface area contributed by atoms with Crippen LogP contribution >= 0.6 is 0 Å². The van der Waals surface area contributed by atoms with Crippen LogP contribution in [0.15, 0.2) is 30.3 Å². The topological polar surface area (TPSA) is 29.5 Å². The van der Waals surface area contributed by atoms with Gasteiger partial charge < -0.3 is 9.64 Å². The van der Waals surface area contributed by atoms with Gasteiger partial charge in [-0.25, -0.2) is 4.79 Å². The molecule has 0 spiro atoms. The Labute approximate surface area is 97.0 Å². The standard InChI is InChI=1S/C13H18NO2/c1-3-5-11-14(4-2)13(15)16-12-9-7-6-8-10-12/h6-10H,2-5,11H2,1H3. The van der Waals surface area contributed by atoms with Crippen LogP contribution in [0.3, 0.4) is 0 Å². The normalized spacial score (nSPS) is 9.88.